The molecule has 0 aromatic rings. The Morgan fingerprint density at radius 1 is 1.43 bits per heavy atom. The summed E-state index contributed by atoms with van der Waals surface area (Å²) in [5.74, 6) is 0.0849. The largest absolute Gasteiger partial charge is 0.351 e. The van der Waals surface area contributed by atoms with Gasteiger partial charge in [-0.2, -0.15) is 0 Å². The van der Waals surface area contributed by atoms with E-state index in [1.54, 1.807) is 6.92 Å². The third-order valence-corrected chi connectivity index (χ3v) is 3.31. The maximum absolute atomic E-state index is 11.0. The fourth-order valence-corrected chi connectivity index (χ4v) is 2.99. The van der Waals surface area contributed by atoms with E-state index >= 15 is 0 Å². The Kier molecular flexibility index (Phi) is 3.20. The molecule has 0 unspecified atom stereocenters. The highest BCUT2D eigenvalue weighted by molar-refractivity contribution is 5.74. The number of hydrogen-bond donors (Lipinski definition) is 2. The Morgan fingerprint density at radius 2 is 2.00 bits per heavy atom. The lowest BCUT2D eigenvalue weighted by molar-refractivity contribution is -0.124. The van der Waals surface area contributed by atoms with Gasteiger partial charge in [0.2, 0.25) is 5.91 Å². The number of carbonyl (C=O) groups is 1. The van der Waals surface area contributed by atoms with Crippen molar-refractivity contribution in [2.45, 2.75) is 45.6 Å². The van der Waals surface area contributed by atoms with E-state index in [0.29, 0.717) is 5.41 Å². The summed E-state index contributed by atoms with van der Waals surface area (Å²) in [7, 11) is 1.99. The zero-order valence-electron chi connectivity index (χ0n) is 9.74. The molecule has 0 aromatic carbocycles. The minimum atomic E-state index is 0.0404. The van der Waals surface area contributed by atoms with E-state index in [9.17, 15) is 4.79 Å². The molecule has 0 atom stereocenters. The van der Waals surface area contributed by atoms with Gasteiger partial charge < -0.3 is 10.6 Å². The Hall–Kier alpha value is -0.570. The third-order valence-electron chi connectivity index (χ3n) is 3.31. The lowest BCUT2D eigenvalue weighted by Gasteiger charge is -2.55. The van der Waals surface area contributed by atoms with Crippen LogP contribution in [-0.4, -0.2) is 25.0 Å². The van der Waals surface area contributed by atoms with Gasteiger partial charge in [0, 0.05) is 19.0 Å². The van der Waals surface area contributed by atoms with Crippen molar-refractivity contribution in [1.29, 1.82) is 0 Å². The lowest BCUT2D eigenvalue weighted by Crippen LogP contribution is -2.62. The number of carbonyl (C=O) groups excluding carboxylic acids is 1. The van der Waals surface area contributed by atoms with Gasteiger partial charge in [0.15, 0.2) is 0 Å². The van der Waals surface area contributed by atoms with Crippen LogP contribution in [0.25, 0.3) is 0 Å². The van der Waals surface area contributed by atoms with Gasteiger partial charge in [-0.15, -0.1) is 0 Å². The Bertz CT molecular complexity index is 219. The minimum Gasteiger partial charge on any atom is -0.351 e. The van der Waals surface area contributed by atoms with Crippen molar-refractivity contribution in [2.24, 2.45) is 5.41 Å². The first-order chi connectivity index (χ1) is 6.45. The molecule has 1 aliphatic rings. The van der Waals surface area contributed by atoms with Crippen LogP contribution in [0.15, 0.2) is 0 Å². The molecule has 0 bridgehead atoms. The molecule has 3 nitrogen and oxygen atoms in total. The monoisotopic (exact) mass is 198 g/mol. The van der Waals surface area contributed by atoms with Crippen LogP contribution in [0.2, 0.25) is 0 Å². The van der Waals surface area contributed by atoms with Gasteiger partial charge in [0.05, 0.1) is 0 Å². The van der Waals surface area contributed by atoms with Gasteiger partial charge in [0.25, 0.3) is 0 Å². The van der Waals surface area contributed by atoms with E-state index < -0.39 is 0 Å². The van der Waals surface area contributed by atoms with E-state index in [4.69, 9.17) is 0 Å². The second-order valence-electron chi connectivity index (χ2n) is 4.98. The molecule has 0 saturated heterocycles. The van der Waals surface area contributed by atoms with Crippen LogP contribution in [0, 0.1) is 5.41 Å². The number of amides is 1. The van der Waals surface area contributed by atoms with Gasteiger partial charge in [-0.25, -0.2) is 0 Å². The number of rotatable bonds is 4. The Morgan fingerprint density at radius 3 is 2.36 bits per heavy atom. The number of hydrogen-bond acceptors (Lipinski definition) is 2. The Labute approximate surface area is 86.6 Å². The third kappa shape index (κ3) is 2.27. The van der Waals surface area contributed by atoms with Crippen molar-refractivity contribution < 1.29 is 4.79 Å². The topological polar surface area (TPSA) is 41.1 Å². The molecule has 14 heavy (non-hydrogen) atoms. The van der Waals surface area contributed by atoms with Crippen molar-refractivity contribution in [2.75, 3.05) is 13.6 Å². The molecule has 2 N–H and O–H groups in total. The molecule has 0 heterocycles. The smallest absolute Gasteiger partial charge is 0.217 e. The van der Waals surface area contributed by atoms with Crippen molar-refractivity contribution in [1.82, 2.24) is 10.6 Å². The van der Waals surface area contributed by atoms with E-state index in [0.717, 1.165) is 19.4 Å². The summed E-state index contributed by atoms with van der Waals surface area (Å²) in [5, 5.41) is 6.28. The lowest BCUT2D eigenvalue weighted by atomic mass is 9.56. The molecule has 0 spiro atoms. The standard InChI is InChI=1S/C11H22N2O/c1-5-11(8-12-4)6-10(3,7-11)13-9(2)14/h12H,5-8H2,1-4H3,(H,13,14). The molecular weight excluding hydrogens is 176 g/mol. The van der Waals surface area contributed by atoms with Crippen molar-refractivity contribution in [3.05, 3.63) is 0 Å². The predicted octanol–water partition coefficient (Wildman–Crippen LogP) is 1.29. The molecule has 0 radical (unpaired) electrons. The average Bonchev–Trinajstić information content (AvgIpc) is 2.00. The summed E-state index contributed by atoms with van der Waals surface area (Å²) in [6.45, 7) is 7.01. The summed E-state index contributed by atoms with van der Waals surface area (Å²) >= 11 is 0. The van der Waals surface area contributed by atoms with Crippen LogP contribution in [0.1, 0.15) is 40.0 Å². The zero-order valence-corrected chi connectivity index (χ0v) is 9.74. The van der Waals surface area contributed by atoms with Crippen LogP contribution >= 0.6 is 0 Å². The highest BCUT2D eigenvalue weighted by Crippen LogP contribution is 2.50. The molecule has 1 fully saturated rings. The first kappa shape index (κ1) is 11.5. The van der Waals surface area contributed by atoms with Crippen LogP contribution in [0.5, 0.6) is 0 Å². The molecule has 0 aliphatic heterocycles. The normalized spacial score (nSPS) is 36.3. The van der Waals surface area contributed by atoms with Crippen molar-refractivity contribution >= 4 is 5.91 Å². The Balaban J connectivity index is 2.49. The van der Waals surface area contributed by atoms with E-state index in [1.165, 1.54) is 6.42 Å². The first-order valence-electron chi connectivity index (χ1n) is 5.39. The van der Waals surface area contributed by atoms with Crippen LogP contribution in [0.4, 0.5) is 0 Å². The maximum Gasteiger partial charge on any atom is 0.217 e. The second-order valence-corrected chi connectivity index (χ2v) is 4.98. The molecule has 1 rings (SSSR count). The summed E-state index contributed by atoms with van der Waals surface area (Å²) in [6.07, 6.45) is 3.37. The summed E-state index contributed by atoms with van der Waals surface area (Å²) < 4.78 is 0. The molecule has 82 valence electrons. The van der Waals surface area contributed by atoms with Gasteiger partial charge >= 0.3 is 0 Å². The predicted molar refractivity (Wildman–Crippen MR) is 58.1 cm³/mol. The summed E-state index contributed by atoms with van der Waals surface area (Å²) in [6, 6.07) is 0. The minimum absolute atomic E-state index is 0.0404. The highest BCUT2D eigenvalue weighted by Gasteiger charge is 2.50. The SMILES string of the molecule is CCC1(CNC)CC(C)(NC(C)=O)C1. The van der Waals surface area contributed by atoms with Gasteiger partial charge in [-0.1, -0.05) is 6.92 Å². The van der Waals surface area contributed by atoms with Gasteiger partial charge in [0.1, 0.15) is 0 Å². The summed E-state index contributed by atoms with van der Waals surface area (Å²) in [4.78, 5) is 11.0. The van der Waals surface area contributed by atoms with Gasteiger partial charge in [-0.05, 0) is 38.6 Å². The molecular formula is C11H22N2O. The van der Waals surface area contributed by atoms with E-state index in [2.05, 4.69) is 24.5 Å². The molecule has 0 aromatic heterocycles. The average molecular weight is 198 g/mol. The van der Waals surface area contributed by atoms with Crippen molar-refractivity contribution in [3.63, 3.8) is 0 Å². The van der Waals surface area contributed by atoms with Crippen LogP contribution in [-0.2, 0) is 4.79 Å². The highest BCUT2D eigenvalue weighted by atomic mass is 16.1. The van der Waals surface area contributed by atoms with Crippen molar-refractivity contribution in [3.8, 4) is 0 Å². The molecule has 1 amide bonds. The fourth-order valence-electron chi connectivity index (χ4n) is 2.99. The maximum atomic E-state index is 11.0. The fraction of sp³-hybridized carbons (Fsp3) is 0.909. The number of nitrogens with one attached hydrogen (secondary N) is 2. The molecule has 3 heteroatoms. The molecule has 1 aliphatic carbocycles. The van der Waals surface area contributed by atoms with E-state index in [-0.39, 0.29) is 11.4 Å². The van der Waals surface area contributed by atoms with Crippen LogP contribution in [0.3, 0.4) is 0 Å². The second kappa shape index (κ2) is 3.89. The first-order valence-corrected chi connectivity index (χ1v) is 5.39. The molecule has 1 saturated carbocycles. The quantitative estimate of drug-likeness (QED) is 0.714. The zero-order chi connectivity index (χ0) is 10.8. The van der Waals surface area contributed by atoms with Gasteiger partial charge in [-0.3, -0.25) is 4.79 Å². The van der Waals surface area contributed by atoms with Crippen LogP contribution < -0.4 is 10.6 Å². The summed E-state index contributed by atoms with van der Waals surface area (Å²) in [5.41, 5.74) is 0.449. The van der Waals surface area contributed by atoms with E-state index in [1.807, 2.05) is 7.05 Å².